The number of rotatable bonds is 17. The van der Waals surface area contributed by atoms with E-state index in [1.807, 2.05) is 54.6 Å². The van der Waals surface area contributed by atoms with Gasteiger partial charge in [0, 0.05) is 18.5 Å². The van der Waals surface area contributed by atoms with Gasteiger partial charge in [-0.05, 0) is 54.6 Å². The van der Waals surface area contributed by atoms with Gasteiger partial charge in [-0.15, -0.1) is 0 Å². The number of benzene rings is 3. The van der Waals surface area contributed by atoms with Crippen molar-refractivity contribution in [2.45, 2.75) is 32.2 Å². The third-order valence-corrected chi connectivity index (χ3v) is 7.40. The van der Waals surface area contributed by atoms with Crippen molar-refractivity contribution in [2.75, 3.05) is 40.3 Å². The average Bonchev–Trinajstić information content (AvgIpc) is 2.93. The van der Waals surface area contributed by atoms with E-state index in [1.54, 1.807) is 0 Å². The number of quaternary nitrogens is 1. The lowest BCUT2D eigenvalue weighted by atomic mass is 9.82. The molecule has 40 heavy (non-hydrogen) atoms. The lowest BCUT2D eigenvalue weighted by molar-refractivity contribution is -0.903. The van der Waals surface area contributed by atoms with Gasteiger partial charge in [-0.1, -0.05) is 78.9 Å². The monoisotopic (exact) mass is 546 g/mol. The molecule has 0 aliphatic heterocycles. The predicted octanol–water partition coefficient (Wildman–Crippen LogP) is 4.45. The molecule has 0 radical (unpaired) electrons. The van der Waals surface area contributed by atoms with E-state index in [-0.39, 0.29) is 12.8 Å². The van der Waals surface area contributed by atoms with Crippen LogP contribution in [0.1, 0.15) is 29.5 Å². The first-order valence-electron chi connectivity index (χ1n) is 14.1. The molecule has 0 aliphatic rings. The van der Waals surface area contributed by atoms with Crippen LogP contribution in [-0.4, -0.2) is 66.9 Å². The van der Waals surface area contributed by atoms with E-state index in [4.69, 9.17) is 5.73 Å². The molecule has 0 aliphatic carbocycles. The van der Waals surface area contributed by atoms with Crippen LogP contribution < -0.4 is 11.1 Å². The Morgan fingerprint density at radius 3 is 1.70 bits per heavy atom. The van der Waals surface area contributed by atoms with Gasteiger partial charge in [0.25, 0.3) is 0 Å². The summed E-state index contributed by atoms with van der Waals surface area (Å²) in [5, 5.41) is 23.2. The van der Waals surface area contributed by atoms with Crippen molar-refractivity contribution in [2.24, 2.45) is 17.6 Å². The fourth-order valence-electron chi connectivity index (χ4n) is 5.12. The molecule has 0 saturated heterocycles. The highest BCUT2D eigenvalue weighted by molar-refractivity contribution is 5.80. The summed E-state index contributed by atoms with van der Waals surface area (Å²) in [5.41, 5.74) is 10.6. The normalized spacial score (nSPS) is 13.1. The number of aliphatic carboxylic acids is 2. The zero-order chi connectivity index (χ0) is 29.0. The molecule has 0 amide bonds. The lowest BCUT2D eigenvalue weighted by Gasteiger charge is -2.30. The van der Waals surface area contributed by atoms with Crippen LogP contribution >= 0.6 is 0 Å². The van der Waals surface area contributed by atoms with Crippen LogP contribution in [0.25, 0.3) is 11.1 Å². The van der Waals surface area contributed by atoms with Crippen molar-refractivity contribution in [1.82, 2.24) is 5.32 Å². The van der Waals surface area contributed by atoms with Crippen LogP contribution in [0.2, 0.25) is 0 Å². The number of nitrogens with two attached hydrogens (primary N) is 1. The number of carboxylic acids is 2. The van der Waals surface area contributed by atoms with Gasteiger partial charge in [-0.3, -0.25) is 9.59 Å². The zero-order valence-corrected chi connectivity index (χ0v) is 23.8. The minimum atomic E-state index is -1.09. The van der Waals surface area contributed by atoms with Crippen molar-refractivity contribution in [3.63, 3.8) is 0 Å². The number of carboxylic acid groups (broad SMARTS) is 2. The highest BCUT2D eigenvalue weighted by atomic mass is 16.4. The molecule has 0 saturated carbocycles. The molecule has 5 N–H and O–H groups in total. The van der Waals surface area contributed by atoms with Crippen molar-refractivity contribution in [1.29, 1.82) is 0 Å². The fraction of sp³-hybridized carbons (Fsp3) is 0.394. The summed E-state index contributed by atoms with van der Waals surface area (Å²) in [4.78, 5) is 24.1. The van der Waals surface area contributed by atoms with Crippen molar-refractivity contribution in [3.05, 3.63) is 95.6 Å². The average molecular weight is 547 g/mol. The first-order valence-corrected chi connectivity index (χ1v) is 14.1. The Balaban J connectivity index is 1.60. The Kier molecular flexibility index (Phi) is 11.9. The Morgan fingerprint density at radius 1 is 0.725 bits per heavy atom. The molecule has 3 rings (SSSR count). The molecule has 0 spiro atoms. The van der Waals surface area contributed by atoms with Gasteiger partial charge >= 0.3 is 11.9 Å². The SMILES string of the molecule is C[N+](C)(CCCNCCCN)Cc1ccc(-c2ccc(C[C@H](C(=O)O)[C@H](Cc3ccccc3)C(=O)O)cc2)cc1. The smallest absolute Gasteiger partial charge is 0.307 e. The van der Waals surface area contributed by atoms with E-state index >= 15 is 0 Å². The largest absolute Gasteiger partial charge is 0.481 e. The topological polar surface area (TPSA) is 113 Å². The maximum atomic E-state index is 12.1. The summed E-state index contributed by atoms with van der Waals surface area (Å²) in [6, 6.07) is 25.5. The Morgan fingerprint density at radius 2 is 1.20 bits per heavy atom. The molecule has 3 aromatic carbocycles. The highest BCUT2D eigenvalue weighted by Crippen LogP contribution is 2.26. The molecule has 2 atom stereocenters. The molecule has 7 heteroatoms. The van der Waals surface area contributed by atoms with Gasteiger partial charge in [0.2, 0.25) is 0 Å². The predicted molar refractivity (Wildman–Crippen MR) is 160 cm³/mol. The number of hydrogen-bond donors (Lipinski definition) is 4. The Labute approximate surface area is 238 Å². The first kappa shape index (κ1) is 31.0. The molecule has 0 fully saturated rings. The first-order chi connectivity index (χ1) is 19.2. The Hall–Kier alpha value is -3.52. The van der Waals surface area contributed by atoms with Crippen LogP contribution in [0.3, 0.4) is 0 Å². The van der Waals surface area contributed by atoms with Crippen molar-refractivity contribution < 1.29 is 24.3 Å². The molecular weight excluding hydrogens is 502 g/mol. The van der Waals surface area contributed by atoms with E-state index in [9.17, 15) is 19.8 Å². The van der Waals surface area contributed by atoms with Crippen LogP contribution in [0.4, 0.5) is 0 Å². The van der Waals surface area contributed by atoms with Gasteiger partial charge < -0.3 is 25.7 Å². The minimum Gasteiger partial charge on any atom is -0.481 e. The van der Waals surface area contributed by atoms with Crippen LogP contribution in [0.15, 0.2) is 78.9 Å². The summed E-state index contributed by atoms with van der Waals surface area (Å²) in [5.74, 6) is -4.21. The van der Waals surface area contributed by atoms with Crippen LogP contribution in [0.5, 0.6) is 0 Å². The summed E-state index contributed by atoms with van der Waals surface area (Å²) < 4.78 is 0.916. The van der Waals surface area contributed by atoms with Gasteiger partial charge in [0.1, 0.15) is 6.54 Å². The summed E-state index contributed by atoms with van der Waals surface area (Å²) >= 11 is 0. The molecule has 0 aromatic heterocycles. The van der Waals surface area contributed by atoms with Crippen LogP contribution in [-0.2, 0) is 29.0 Å². The van der Waals surface area contributed by atoms with Crippen molar-refractivity contribution >= 4 is 11.9 Å². The van der Waals surface area contributed by atoms with E-state index in [0.29, 0.717) is 0 Å². The molecule has 0 unspecified atom stereocenters. The van der Waals surface area contributed by atoms with Gasteiger partial charge in [-0.25, -0.2) is 0 Å². The van der Waals surface area contributed by atoms with Crippen molar-refractivity contribution in [3.8, 4) is 11.1 Å². The highest BCUT2D eigenvalue weighted by Gasteiger charge is 2.34. The molecular formula is C33H44N3O4+. The van der Waals surface area contributed by atoms with Gasteiger partial charge in [0.15, 0.2) is 0 Å². The zero-order valence-electron chi connectivity index (χ0n) is 23.8. The number of nitrogens with one attached hydrogen (secondary N) is 1. The van der Waals surface area contributed by atoms with E-state index in [1.165, 1.54) is 5.56 Å². The van der Waals surface area contributed by atoms with E-state index in [2.05, 4.69) is 43.7 Å². The second-order valence-electron chi connectivity index (χ2n) is 11.2. The fourth-order valence-corrected chi connectivity index (χ4v) is 5.12. The second-order valence-corrected chi connectivity index (χ2v) is 11.2. The number of hydrogen-bond acceptors (Lipinski definition) is 4. The third kappa shape index (κ3) is 9.90. The third-order valence-electron chi connectivity index (χ3n) is 7.40. The van der Waals surface area contributed by atoms with Crippen LogP contribution in [0, 0.1) is 11.8 Å². The maximum Gasteiger partial charge on any atom is 0.307 e. The molecule has 3 aromatic rings. The number of carbonyl (C=O) groups is 2. The van der Waals surface area contributed by atoms with Gasteiger partial charge in [-0.2, -0.15) is 0 Å². The summed E-state index contributed by atoms with van der Waals surface area (Å²) in [6.07, 6.45) is 2.47. The lowest BCUT2D eigenvalue weighted by Crippen LogP contribution is -2.40. The molecule has 0 bridgehead atoms. The second kappa shape index (κ2) is 15.3. The molecule has 214 valence electrons. The van der Waals surface area contributed by atoms with E-state index in [0.717, 1.165) is 72.3 Å². The summed E-state index contributed by atoms with van der Waals surface area (Å²) in [7, 11) is 4.51. The maximum absolute atomic E-state index is 12.1. The molecule has 0 heterocycles. The van der Waals surface area contributed by atoms with Gasteiger partial charge in [0.05, 0.1) is 32.5 Å². The standard InChI is InChI=1S/C33H43N3O4/c1-36(2,21-7-20-35-19-6-18-34)24-27-12-16-29(17-13-27)28-14-10-26(11-15-28)23-31(33(39)40)30(32(37)38)22-25-8-4-3-5-9-25/h3-5,8-17,30-31,35H,6-7,18-24,34H2,1-2H3,(H-,37,38,39,40)/p+1/t30-,31-/m0/s1. The Bertz CT molecular complexity index is 1190. The van der Waals surface area contributed by atoms with E-state index < -0.39 is 23.8 Å². The summed E-state index contributed by atoms with van der Waals surface area (Å²) in [6.45, 7) is 4.75. The molecule has 7 nitrogen and oxygen atoms in total. The quantitative estimate of drug-likeness (QED) is 0.147. The minimum absolute atomic E-state index is 0.161. The number of nitrogens with zero attached hydrogens (tertiary/aromatic N) is 1.